The zero-order chi connectivity index (χ0) is 14.7. The molecule has 6 heteroatoms. The van der Waals surface area contributed by atoms with Gasteiger partial charge in [0, 0.05) is 18.2 Å². The molecule has 20 heavy (non-hydrogen) atoms. The van der Waals surface area contributed by atoms with Crippen molar-refractivity contribution in [2.45, 2.75) is 6.54 Å². The maximum atomic E-state index is 13.6. The molecule has 0 radical (unpaired) electrons. The molecule has 0 saturated heterocycles. The topological polar surface area (TPSA) is 21.3 Å². The number of nitrogens with one attached hydrogen (secondary N) is 1. The second-order valence-electron chi connectivity index (χ2n) is 4.03. The smallest absolute Gasteiger partial charge is 0.196 e. The van der Waals surface area contributed by atoms with Gasteiger partial charge < -0.3 is 10.1 Å². The van der Waals surface area contributed by atoms with E-state index in [-0.39, 0.29) is 17.8 Å². The summed E-state index contributed by atoms with van der Waals surface area (Å²) in [5.41, 5.74) is 0.00838. The maximum absolute atomic E-state index is 13.6. The average molecular weight is 285 g/mol. The summed E-state index contributed by atoms with van der Waals surface area (Å²) in [6.07, 6.45) is 0. The third-order valence-corrected chi connectivity index (χ3v) is 2.76. The normalized spacial score (nSPS) is 10.4. The summed E-state index contributed by atoms with van der Waals surface area (Å²) in [4.78, 5) is 0. The van der Waals surface area contributed by atoms with E-state index >= 15 is 0 Å². The van der Waals surface area contributed by atoms with Crippen LogP contribution in [-0.4, -0.2) is 7.11 Å². The predicted molar refractivity (Wildman–Crippen MR) is 66.6 cm³/mol. The molecule has 0 heterocycles. The number of ether oxygens (including phenoxy) is 1. The van der Waals surface area contributed by atoms with Gasteiger partial charge in [-0.05, 0) is 18.2 Å². The van der Waals surface area contributed by atoms with Crippen molar-refractivity contribution >= 4 is 5.69 Å². The number of anilines is 1. The Morgan fingerprint density at radius 3 is 2.35 bits per heavy atom. The fourth-order valence-corrected chi connectivity index (χ4v) is 1.65. The molecule has 2 nitrogen and oxygen atoms in total. The number of halogens is 4. The van der Waals surface area contributed by atoms with Crippen LogP contribution in [0.1, 0.15) is 5.56 Å². The molecule has 0 aliphatic rings. The Morgan fingerprint density at radius 2 is 1.70 bits per heavy atom. The Morgan fingerprint density at radius 1 is 0.950 bits per heavy atom. The molecule has 0 fully saturated rings. The Hall–Kier alpha value is -2.24. The Bertz CT molecular complexity index is 631. The van der Waals surface area contributed by atoms with Gasteiger partial charge in [-0.15, -0.1) is 0 Å². The molecule has 0 spiro atoms. The molecular formula is C14H11F4NO. The molecule has 0 aliphatic carbocycles. The molecule has 0 saturated carbocycles. The molecule has 2 aromatic carbocycles. The highest BCUT2D eigenvalue weighted by Crippen LogP contribution is 2.22. The Labute approximate surface area is 113 Å². The number of benzene rings is 2. The molecule has 0 aromatic heterocycles. The summed E-state index contributed by atoms with van der Waals surface area (Å²) in [6.45, 7) is -0.0716. The van der Waals surface area contributed by atoms with E-state index in [0.29, 0.717) is 5.75 Å². The number of rotatable bonds is 4. The van der Waals surface area contributed by atoms with Gasteiger partial charge in [-0.25, -0.2) is 17.6 Å². The minimum Gasteiger partial charge on any atom is -0.497 e. The van der Waals surface area contributed by atoms with Crippen LogP contribution in [0.5, 0.6) is 5.75 Å². The predicted octanol–water partition coefficient (Wildman–Crippen LogP) is 3.86. The summed E-state index contributed by atoms with van der Waals surface area (Å²) < 4.78 is 57.6. The van der Waals surface area contributed by atoms with E-state index in [0.717, 1.165) is 12.1 Å². The van der Waals surface area contributed by atoms with Gasteiger partial charge >= 0.3 is 0 Å². The second-order valence-corrected chi connectivity index (χ2v) is 4.03. The lowest BCUT2D eigenvalue weighted by Crippen LogP contribution is -2.05. The van der Waals surface area contributed by atoms with E-state index in [1.807, 2.05) is 0 Å². The molecule has 0 bridgehead atoms. The van der Waals surface area contributed by atoms with Gasteiger partial charge in [-0.1, -0.05) is 6.07 Å². The van der Waals surface area contributed by atoms with Crippen LogP contribution in [0.2, 0.25) is 0 Å². The first-order valence-corrected chi connectivity index (χ1v) is 5.72. The standard InChI is InChI=1S/C14H11F4NO/c1-20-9-3-2-8(11(16)6-9)7-19-12-5-4-10(15)13(17)14(12)18/h2-6,19H,7H2,1H3. The lowest BCUT2D eigenvalue weighted by atomic mass is 10.2. The van der Waals surface area contributed by atoms with Gasteiger partial charge in [0.05, 0.1) is 12.8 Å². The van der Waals surface area contributed by atoms with Crippen LogP contribution in [-0.2, 0) is 6.54 Å². The van der Waals surface area contributed by atoms with Crippen molar-refractivity contribution in [3.05, 3.63) is 59.2 Å². The highest BCUT2D eigenvalue weighted by molar-refractivity contribution is 5.46. The number of hydrogen-bond donors (Lipinski definition) is 1. The summed E-state index contributed by atoms with van der Waals surface area (Å²) in [5, 5.41) is 2.51. The number of methoxy groups -OCH3 is 1. The largest absolute Gasteiger partial charge is 0.497 e. The van der Waals surface area contributed by atoms with Crippen LogP contribution in [0.4, 0.5) is 23.2 Å². The molecule has 1 N–H and O–H groups in total. The molecule has 0 aliphatic heterocycles. The van der Waals surface area contributed by atoms with E-state index in [1.165, 1.54) is 19.2 Å². The van der Waals surface area contributed by atoms with Crippen molar-refractivity contribution in [3.63, 3.8) is 0 Å². The van der Waals surface area contributed by atoms with Crippen LogP contribution in [0, 0.1) is 23.3 Å². The Balaban J connectivity index is 2.15. The van der Waals surface area contributed by atoms with Crippen molar-refractivity contribution in [3.8, 4) is 5.75 Å². The average Bonchev–Trinajstić information content (AvgIpc) is 2.45. The van der Waals surface area contributed by atoms with Crippen molar-refractivity contribution in [1.82, 2.24) is 0 Å². The lowest BCUT2D eigenvalue weighted by Gasteiger charge is -2.10. The number of hydrogen-bond acceptors (Lipinski definition) is 2. The third kappa shape index (κ3) is 2.84. The van der Waals surface area contributed by atoms with Crippen molar-refractivity contribution < 1.29 is 22.3 Å². The summed E-state index contributed by atoms with van der Waals surface area (Å²) in [6, 6.07) is 6.03. The van der Waals surface area contributed by atoms with Crippen LogP contribution < -0.4 is 10.1 Å². The second kappa shape index (κ2) is 5.81. The van der Waals surface area contributed by atoms with Crippen molar-refractivity contribution in [1.29, 1.82) is 0 Å². The van der Waals surface area contributed by atoms with Gasteiger partial charge in [0.1, 0.15) is 11.6 Å². The van der Waals surface area contributed by atoms with E-state index in [2.05, 4.69) is 5.32 Å². The van der Waals surface area contributed by atoms with Gasteiger partial charge in [0.15, 0.2) is 17.5 Å². The van der Waals surface area contributed by atoms with Crippen molar-refractivity contribution in [2.75, 3.05) is 12.4 Å². The third-order valence-electron chi connectivity index (χ3n) is 2.76. The van der Waals surface area contributed by atoms with E-state index in [1.54, 1.807) is 6.07 Å². The highest BCUT2D eigenvalue weighted by atomic mass is 19.2. The minimum atomic E-state index is -1.56. The summed E-state index contributed by atoms with van der Waals surface area (Å²) in [5.74, 6) is -4.36. The molecular weight excluding hydrogens is 274 g/mol. The summed E-state index contributed by atoms with van der Waals surface area (Å²) >= 11 is 0. The van der Waals surface area contributed by atoms with E-state index in [9.17, 15) is 17.6 Å². The quantitative estimate of drug-likeness (QED) is 0.680. The molecule has 2 rings (SSSR count). The molecule has 0 amide bonds. The highest BCUT2D eigenvalue weighted by Gasteiger charge is 2.13. The maximum Gasteiger partial charge on any atom is 0.196 e. The zero-order valence-corrected chi connectivity index (χ0v) is 10.5. The fraction of sp³-hybridized carbons (Fsp3) is 0.143. The molecule has 106 valence electrons. The van der Waals surface area contributed by atoms with E-state index in [4.69, 9.17) is 4.74 Å². The molecule has 0 unspecified atom stereocenters. The molecule has 0 atom stereocenters. The monoisotopic (exact) mass is 285 g/mol. The Kier molecular flexibility index (Phi) is 4.12. The lowest BCUT2D eigenvalue weighted by molar-refractivity contribution is 0.410. The first-order valence-electron chi connectivity index (χ1n) is 5.72. The van der Waals surface area contributed by atoms with E-state index < -0.39 is 23.3 Å². The minimum absolute atomic E-state index is 0.0716. The first-order chi connectivity index (χ1) is 9.52. The summed E-state index contributed by atoms with van der Waals surface area (Å²) in [7, 11) is 1.41. The fourth-order valence-electron chi connectivity index (χ4n) is 1.65. The zero-order valence-electron chi connectivity index (χ0n) is 10.5. The van der Waals surface area contributed by atoms with Gasteiger partial charge in [0.2, 0.25) is 0 Å². The van der Waals surface area contributed by atoms with Gasteiger partial charge in [0.25, 0.3) is 0 Å². The van der Waals surface area contributed by atoms with Crippen molar-refractivity contribution in [2.24, 2.45) is 0 Å². The van der Waals surface area contributed by atoms with Gasteiger partial charge in [-0.3, -0.25) is 0 Å². The first kappa shape index (κ1) is 14.2. The SMILES string of the molecule is COc1ccc(CNc2ccc(F)c(F)c2F)c(F)c1. The van der Waals surface area contributed by atoms with Crippen LogP contribution in [0.15, 0.2) is 30.3 Å². The van der Waals surface area contributed by atoms with Crippen LogP contribution >= 0.6 is 0 Å². The molecule has 2 aromatic rings. The van der Waals surface area contributed by atoms with Gasteiger partial charge in [-0.2, -0.15) is 0 Å². The van der Waals surface area contributed by atoms with Crippen LogP contribution in [0.25, 0.3) is 0 Å². The van der Waals surface area contributed by atoms with Crippen LogP contribution in [0.3, 0.4) is 0 Å².